The van der Waals surface area contributed by atoms with Crippen LogP contribution < -0.4 is 5.32 Å². The average molecular weight is 283 g/mol. The number of aromatic hydroxyl groups is 1. The van der Waals surface area contributed by atoms with E-state index in [1.807, 2.05) is 13.0 Å². The molecule has 0 atom stereocenters. The Morgan fingerprint density at radius 2 is 2.06 bits per heavy atom. The normalized spacial score (nSPS) is 10.4. The van der Waals surface area contributed by atoms with Crippen LogP contribution in [0.3, 0.4) is 0 Å². The van der Waals surface area contributed by atoms with Crippen LogP contribution in [0.15, 0.2) is 30.3 Å². The van der Waals surface area contributed by atoms with E-state index in [9.17, 15) is 5.11 Å². The molecule has 3 nitrogen and oxygen atoms in total. The van der Waals surface area contributed by atoms with Gasteiger partial charge in [0.05, 0.1) is 5.69 Å². The Bertz CT molecular complexity index is 550. The number of nitrogens with one attached hydrogen (secondary N) is 1. The molecule has 0 fully saturated rings. The van der Waals surface area contributed by atoms with Crippen molar-refractivity contribution < 1.29 is 5.11 Å². The monoisotopic (exact) mass is 282 g/mol. The highest BCUT2D eigenvalue weighted by atomic mass is 35.5. The molecule has 18 heavy (non-hydrogen) atoms. The number of aryl methyl sites for hydroxylation is 1. The van der Waals surface area contributed by atoms with Gasteiger partial charge in [-0.25, -0.2) is 4.98 Å². The number of nitrogens with zero attached hydrogens (tertiary/aromatic N) is 1. The fraction of sp³-hybridized carbons (Fsp3) is 0.154. The summed E-state index contributed by atoms with van der Waals surface area (Å²) in [6.45, 7) is 2.46. The lowest BCUT2D eigenvalue weighted by Crippen LogP contribution is -2.02. The van der Waals surface area contributed by atoms with E-state index in [1.54, 1.807) is 24.3 Å². The quantitative estimate of drug-likeness (QED) is 0.836. The van der Waals surface area contributed by atoms with Crippen molar-refractivity contribution in [3.63, 3.8) is 0 Å². The Balaban J connectivity index is 2.16. The van der Waals surface area contributed by atoms with Gasteiger partial charge < -0.3 is 10.4 Å². The molecule has 0 bridgehead atoms. The van der Waals surface area contributed by atoms with Crippen molar-refractivity contribution in [1.29, 1.82) is 0 Å². The Labute approximate surface area is 115 Å². The van der Waals surface area contributed by atoms with E-state index >= 15 is 0 Å². The van der Waals surface area contributed by atoms with Crippen molar-refractivity contribution >= 4 is 28.9 Å². The first-order valence-corrected chi connectivity index (χ1v) is 6.16. The van der Waals surface area contributed by atoms with Gasteiger partial charge in [-0.05, 0) is 36.2 Å². The zero-order valence-electron chi connectivity index (χ0n) is 9.74. The van der Waals surface area contributed by atoms with Gasteiger partial charge in [0.2, 0.25) is 0 Å². The number of aromatic nitrogens is 1. The maximum absolute atomic E-state index is 9.37. The molecule has 0 radical (unpaired) electrons. The van der Waals surface area contributed by atoms with Gasteiger partial charge in [-0.1, -0.05) is 35.3 Å². The molecule has 2 rings (SSSR count). The molecule has 2 aromatic rings. The van der Waals surface area contributed by atoms with Crippen molar-refractivity contribution in [2.24, 2.45) is 0 Å². The number of rotatable bonds is 3. The molecule has 0 amide bonds. The van der Waals surface area contributed by atoms with Crippen molar-refractivity contribution in [3.8, 4) is 5.75 Å². The van der Waals surface area contributed by atoms with Gasteiger partial charge in [-0.15, -0.1) is 0 Å². The molecule has 0 saturated heterocycles. The second-order valence-electron chi connectivity index (χ2n) is 3.95. The molecule has 0 aliphatic carbocycles. The van der Waals surface area contributed by atoms with E-state index in [0.717, 1.165) is 16.8 Å². The molecule has 1 aromatic carbocycles. The first-order valence-electron chi connectivity index (χ1n) is 5.40. The van der Waals surface area contributed by atoms with Crippen LogP contribution >= 0.6 is 23.2 Å². The lowest BCUT2D eigenvalue weighted by atomic mass is 10.2. The zero-order chi connectivity index (χ0) is 13.1. The molecule has 0 unspecified atom stereocenters. The van der Waals surface area contributed by atoms with Crippen molar-refractivity contribution in [1.82, 2.24) is 4.98 Å². The van der Waals surface area contributed by atoms with Crippen molar-refractivity contribution in [2.75, 3.05) is 5.32 Å². The van der Waals surface area contributed by atoms with Crippen LogP contribution in [0.25, 0.3) is 0 Å². The van der Waals surface area contributed by atoms with E-state index in [4.69, 9.17) is 23.2 Å². The Kier molecular flexibility index (Phi) is 3.94. The summed E-state index contributed by atoms with van der Waals surface area (Å²) < 4.78 is 0. The first kappa shape index (κ1) is 13.0. The molecule has 1 aromatic heterocycles. The lowest BCUT2D eigenvalue weighted by molar-refractivity contribution is 0.474. The highest BCUT2D eigenvalue weighted by Crippen LogP contribution is 2.27. The summed E-state index contributed by atoms with van der Waals surface area (Å²) in [6, 6.07) is 8.78. The minimum atomic E-state index is 0.242. The van der Waals surface area contributed by atoms with E-state index < -0.39 is 0 Å². The molecule has 0 aliphatic heterocycles. The third-order valence-electron chi connectivity index (χ3n) is 2.52. The van der Waals surface area contributed by atoms with Gasteiger partial charge in [0, 0.05) is 6.54 Å². The number of pyridine rings is 1. The topological polar surface area (TPSA) is 45.2 Å². The zero-order valence-corrected chi connectivity index (χ0v) is 11.3. The standard InChI is InChI=1S/C13H12Cl2N2O/c1-8-5-11(14)17-13(15)12(8)16-7-9-3-2-4-10(18)6-9/h2-6,16,18H,7H2,1H3. The fourth-order valence-electron chi connectivity index (χ4n) is 1.66. The third-order valence-corrected chi connectivity index (χ3v) is 2.99. The van der Waals surface area contributed by atoms with E-state index in [0.29, 0.717) is 16.9 Å². The predicted molar refractivity (Wildman–Crippen MR) is 74.4 cm³/mol. The minimum Gasteiger partial charge on any atom is -0.508 e. The van der Waals surface area contributed by atoms with Crippen molar-refractivity contribution in [2.45, 2.75) is 13.5 Å². The van der Waals surface area contributed by atoms with Crippen molar-refractivity contribution in [3.05, 3.63) is 51.8 Å². The molecule has 94 valence electrons. The van der Waals surface area contributed by atoms with E-state index in [1.165, 1.54) is 0 Å². The van der Waals surface area contributed by atoms with Gasteiger partial charge >= 0.3 is 0 Å². The van der Waals surface area contributed by atoms with Crippen LogP contribution in [0.4, 0.5) is 5.69 Å². The summed E-state index contributed by atoms with van der Waals surface area (Å²) in [5, 5.41) is 13.3. The molecular weight excluding hydrogens is 271 g/mol. The summed E-state index contributed by atoms with van der Waals surface area (Å²) >= 11 is 11.8. The molecule has 0 aliphatic rings. The molecular formula is C13H12Cl2N2O. The first-order chi connectivity index (χ1) is 8.56. The number of benzene rings is 1. The summed E-state index contributed by atoms with van der Waals surface area (Å²) in [5.74, 6) is 0.242. The Hall–Kier alpha value is -1.45. The van der Waals surface area contributed by atoms with Crippen LogP contribution in [0, 0.1) is 6.92 Å². The largest absolute Gasteiger partial charge is 0.508 e. The summed E-state index contributed by atoms with van der Waals surface area (Å²) in [6.07, 6.45) is 0. The highest BCUT2D eigenvalue weighted by Gasteiger charge is 2.07. The maximum Gasteiger partial charge on any atom is 0.154 e. The predicted octanol–water partition coefficient (Wildman–Crippen LogP) is 4.01. The third kappa shape index (κ3) is 3.06. The minimum absolute atomic E-state index is 0.242. The smallest absolute Gasteiger partial charge is 0.154 e. The number of halogens is 2. The molecule has 1 heterocycles. The fourth-order valence-corrected chi connectivity index (χ4v) is 2.26. The van der Waals surface area contributed by atoms with Crippen LogP contribution in [-0.2, 0) is 6.54 Å². The van der Waals surface area contributed by atoms with E-state index in [-0.39, 0.29) is 5.75 Å². The molecule has 2 N–H and O–H groups in total. The molecule has 5 heteroatoms. The van der Waals surface area contributed by atoms with Crippen LogP contribution in [0.2, 0.25) is 10.3 Å². The van der Waals surface area contributed by atoms with Gasteiger partial charge in [-0.2, -0.15) is 0 Å². The van der Waals surface area contributed by atoms with Crippen LogP contribution in [0.5, 0.6) is 5.75 Å². The summed E-state index contributed by atoms with van der Waals surface area (Å²) in [7, 11) is 0. The number of phenols is 1. The number of hydrogen-bond acceptors (Lipinski definition) is 3. The van der Waals surface area contributed by atoms with Gasteiger partial charge in [0.1, 0.15) is 10.9 Å². The van der Waals surface area contributed by atoms with Gasteiger partial charge in [-0.3, -0.25) is 0 Å². The van der Waals surface area contributed by atoms with E-state index in [2.05, 4.69) is 10.3 Å². The van der Waals surface area contributed by atoms with Crippen LogP contribution in [-0.4, -0.2) is 10.1 Å². The van der Waals surface area contributed by atoms with Gasteiger partial charge in [0.15, 0.2) is 5.15 Å². The summed E-state index contributed by atoms with van der Waals surface area (Å²) in [5.41, 5.74) is 2.64. The number of phenolic OH excluding ortho intramolecular Hbond substituents is 1. The highest BCUT2D eigenvalue weighted by molar-refractivity contribution is 6.34. The second kappa shape index (κ2) is 5.46. The average Bonchev–Trinajstić information content (AvgIpc) is 2.27. The van der Waals surface area contributed by atoms with Crippen LogP contribution in [0.1, 0.15) is 11.1 Å². The number of hydrogen-bond donors (Lipinski definition) is 2. The summed E-state index contributed by atoms with van der Waals surface area (Å²) in [4.78, 5) is 3.98. The molecule has 0 spiro atoms. The number of anilines is 1. The lowest BCUT2D eigenvalue weighted by Gasteiger charge is -2.11. The Morgan fingerprint density at radius 1 is 1.28 bits per heavy atom. The maximum atomic E-state index is 9.37. The molecule has 0 saturated carbocycles. The Morgan fingerprint density at radius 3 is 2.72 bits per heavy atom. The van der Waals surface area contributed by atoms with Gasteiger partial charge in [0.25, 0.3) is 0 Å². The SMILES string of the molecule is Cc1cc(Cl)nc(Cl)c1NCc1cccc(O)c1. The second-order valence-corrected chi connectivity index (χ2v) is 4.70.